The van der Waals surface area contributed by atoms with Gasteiger partial charge in [-0.25, -0.2) is 0 Å². The van der Waals surface area contributed by atoms with Crippen LogP contribution in [0.2, 0.25) is 0 Å². The van der Waals surface area contributed by atoms with E-state index in [0.29, 0.717) is 6.42 Å². The normalized spacial score (nSPS) is 37.5. The SMILES string of the molecule is O=C1CCC[C@@H]2[C@H](O)CCN12. The number of piperidine rings is 1. The smallest absolute Gasteiger partial charge is 0.222 e. The number of aliphatic hydroxyl groups excluding tert-OH is 1. The van der Waals surface area contributed by atoms with E-state index in [1.807, 2.05) is 4.90 Å². The van der Waals surface area contributed by atoms with Gasteiger partial charge in [-0.1, -0.05) is 0 Å². The van der Waals surface area contributed by atoms with Crippen molar-refractivity contribution in [3.63, 3.8) is 0 Å². The number of carbonyl (C=O) groups is 1. The average Bonchev–Trinajstić information content (AvgIpc) is 2.35. The first-order chi connectivity index (χ1) is 5.29. The maximum absolute atomic E-state index is 11.2. The Labute approximate surface area is 66.0 Å². The van der Waals surface area contributed by atoms with Gasteiger partial charge in [-0.3, -0.25) is 4.79 Å². The van der Waals surface area contributed by atoms with Crippen LogP contribution in [0.4, 0.5) is 0 Å². The third-order valence-electron chi connectivity index (χ3n) is 2.72. The standard InChI is InChI=1S/C8H13NO2/c10-7-4-5-9-6(7)2-1-3-8(9)11/h6-7,10H,1-5H2/t6-,7-/m1/s1. The van der Waals surface area contributed by atoms with Crippen LogP contribution < -0.4 is 0 Å². The summed E-state index contributed by atoms with van der Waals surface area (Å²) in [7, 11) is 0. The highest BCUT2D eigenvalue weighted by Crippen LogP contribution is 2.27. The molecule has 2 heterocycles. The predicted molar refractivity (Wildman–Crippen MR) is 40.0 cm³/mol. The summed E-state index contributed by atoms with van der Waals surface area (Å²) in [5, 5.41) is 9.45. The van der Waals surface area contributed by atoms with Gasteiger partial charge in [-0.2, -0.15) is 0 Å². The van der Waals surface area contributed by atoms with E-state index in [9.17, 15) is 9.90 Å². The summed E-state index contributed by atoms with van der Waals surface area (Å²) in [5.41, 5.74) is 0. The molecule has 2 rings (SSSR count). The van der Waals surface area contributed by atoms with E-state index in [-0.39, 0.29) is 18.1 Å². The Kier molecular flexibility index (Phi) is 1.60. The lowest BCUT2D eigenvalue weighted by atomic mass is 10.0. The Bertz CT molecular complexity index is 181. The molecule has 11 heavy (non-hydrogen) atoms. The molecule has 0 spiro atoms. The van der Waals surface area contributed by atoms with Gasteiger partial charge in [0.1, 0.15) is 0 Å². The summed E-state index contributed by atoms with van der Waals surface area (Å²) < 4.78 is 0. The number of amides is 1. The van der Waals surface area contributed by atoms with Crippen LogP contribution in [0.3, 0.4) is 0 Å². The van der Waals surface area contributed by atoms with Crippen molar-refractivity contribution < 1.29 is 9.90 Å². The Morgan fingerprint density at radius 2 is 2.27 bits per heavy atom. The summed E-state index contributed by atoms with van der Waals surface area (Å²) in [5.74, 6) is 0.234. The maximum Gasteiger partial charge on any atom is 0.222 e. The fraction of sp³-hybridized carbons (Fsp3) is 0.875. The number of nitrogens with zero attached hydrogens (tertiary/aromatic N) is 1. The third-order valence-corrected chi connectivity index (χ3v) is 2.72. The molecule has 1 amide bonds. The molecule has 0 aliphatic carbocycles. The summed E-state index contributed by atoms with van der Waals surface area (Å²) in [6.07, 6.45) is 3.16. The Morgan fingerprint density at radius 3 is 3.00 bits per heavy atom. The van der Waals surface area contributed by atoms with E-state index < -0.39 is 0 Å². The van der Waals surface area contributed by atoms with Gasteiger partial charge in [0.25, 0.3) is 0 Å². The summed E-state index contributed by atoms with van der Waals surface area (Å²) in [6, 6.07) is 0.149. The van der Waals surface area contributed by atoms with Crippen LogP contribution in [0.15, 0.2) is 0 Å². The molecular weight excluding hydrogens is 142 g/mol. The minimum Gasteiger partial charge on any atom is -0.391 e. The number of rotatable bonds is 0. The van der Waals surface area contributed by atoms with Gasteiger partial charge in [0, 0.05) is 13.0 Å². The number of hydrogen-bond donors (Lipinski definition) is 1. The van der Waals surface area contributed by atoms with E-state index in [2.05, 4.69) is 0 Å². The molecule has 3 heteroatoms. The molecule has 1 N–H and O–H groups in total. The van der Waals surface area contributed by atoms with Gasteiger partial charge in [0.15, 0.2) is 0 Å². The molecule has 62 valence electrons. The van der Waals surface area contributed by atoms with Crippen molar-refractivity contribution >= 4 is 5.91 Å². The van der Waals surface area contributed by atoms with Crippen molar-refractivity contribution in [3.8, 4) is 0 Å². The van der Waals surface area contributed by atoms with Crippen molar-refractivity contribution in [1.82, 2.24) is 4.90 Å². The van der Waals surface area contributed by atoms with Crippen LogP contribution in [-0.2, 0) is 4.79 Å². The first-order valence-electron chi connectivity index (χ1n) is 4.26. The Morgan fingerprint density at radius 1 is 1.45 bits per heavy atom. The molecule has 2 fully saturated rings. The van der Waals surface area contributed by atoms with Gasteiger partial charge in [-0.05, 0) is 19.3 Å². The minimum atomic E-state index is -0.251. The monoisotopic (exact) mass is 155 g/mol. The van der Waals surface area contributed by atoms with Gasteiger partial charge in [0.2, 0.25) is 5.91 Å². The lowest BCUT2D eigenvalue weighted by Crippen LogP contribution is -2.42. The Hall–Kier alpha value is -0.570. The predicted octanol–water partition coefficient (Wildman–Crippen LogP) is 0.132. The number of aliphatic hydroxyl groups is 1. The zero-order valence-corrected chi connectivity index (χ0v) is 6.49. The first-order valence-corrected chi connectivity index (χ1v) is 4.26. The van der Waals surface area contributed by atoms with E-state index in [4.69, 9.17) is 0 Å². The van der Waals surface area contributed by atoms with Gasteiger partial charge >= 0.3 is 0 Å². The topological polar surface area (TPSA) is 40.5 Å². The number of carbonyl (C=O) groups excluding carboxylic acids is 1. The lowest BCUT2D eigenvalue weighted by Gasteiger charge is -2.30. The molecular formula is C8H13NO2. The van der Waals surface area contributed by atoms with Crippen molar-refractivity contribution in [2.75, 3.05) is 6.54 Å². The molecule has 0 aromatic rings. The second kappa shape index (κ2) is 2.48. The van der Waals surface area contributed by atoms with Crippen molar-refractivity contribution in [2.45, 2.75) is 37.8 Å². The van der Waals surface area contributed by atoms with E-state index in [1.54, 1.807) is 0 Å². The van der Waals surface area contributed by atoms with Crippen LogP contribution in [0, 0.1) is 0 Å². The van der Waals surface area contributed by atoms with Gasteiger partial charge in [0.05, 0.1) is 12.1 Å². The maximum atomic E-state index is 11.2. The summed E-state index contributed by atoms with van der Waals surface area (Å²) in [4.78, 5) is 13.1. The molecule has 0 saturated carbocycles. The molecule has 0 aromatic heterocycles. The zero-order valence-electron chi connectivity index (χ0n) is 6.49. The fourth-order valence-corrected chi connectivity index (χ4v) is 2.10. The number of hydrogen-bond acceptors (Lipinski definition) is 2. The van der Waals surface area contributed by atoms with Crippen molar-refractivity contribution in [3.05, 3.63) is 0 Å². The molecule has 2 saturated heterocycles. The van der Waals surface area contributed by atoms with Crippen LogP contribution >= 0.6 is 0 Å². The molecule has 2 aliphatic heterocycles. The highest BCUT2D eigenvalue weighted by atomic mass is 16.3. The average molecular weight is 155 g/mol. The molecule has 0 unspecified atom stereocenters. The van der Waals surface area contributed by atoms with E-state index >= 15 is 0 Å². The number of fused-ring (bicyclic) bond motifs is 1. The largest absolute Gasteiger partial charge is 0.391 e. The lowest BCUT2D eigenvalue weighted by molar-refractivity contribution is -0.135. The highest BCUT2D eigenvalue weighted by Gasteiger charge is 2.37. The molecule has 3 nitrogen and oxygen atoms in total. The van der Waals surface area contributed by atoms with Gasteiger partial charge in [-0.15, -0.1) is 0 Å². The van der Waals surface area contributed by atoms with Crippen LogP contribution in [0.25, 0.3) is 0 Å². The molecule has 2 aliphatic rings. The van der Waals surface area contributed by atoms with E-state index in [1.165, 1.54) is 0 Å². The molecule has 0 aromatic carbocycles. The summed E-state index contributed by atoms with van der Waals surface area (Å²) >= 11 is 0. The fourth-order valence-electron chi connectivity index (χ4n) is 2.10. The van der Waals surface area contributed by atoms with Crippen molar-refractivity contribution in [1.29, 1.82) is 0 Å². The summed E-state index contributed by atoms with van der Waals surface area (Å²) in [6.45, 7) is 0.769. The Balaban J connectivity index is 2.13. The van der Waals surface area contributed by atoms with Crippen LogP contribution in [0.5, 0.6) is 0 Å². The highest BCUT2D eigenvalue weighted by molar-refractivity contribution is 5.77. The third kappa shape index (κ3) is 1.03. The second-order valence-corrected chi connectivity index (χ2v) is 3.40. The van der Waals surface area contributed by atoms with Crippen molar-refractivity contribution in [2.24, 2.45) is 0 Å². The van der Waals surface area contributed by atoms with Crippen LogP contribution in [-0.4, -0.2) is 34.6 Å². The zero-order chi connectivity index (χ0) is 7.84. The quantitative estimate of drug-likeness (QED) is 0.540. The van der Waals surface area contributed by atoms with Gasteiger partial charge < -0.3 is 10.0 Å². The van der Waals surface area contributed by atoms with E-state index in [0.717, 1.165) is 25.8 Å². The molecule has 0 bridgehead atoms. The molecule has 0 radical (unpaired) electrons. The first kappa shape index (κ1) is 7.10. The minimum absolute atomic E-state index is 0.149. The molecule has 2 atom stereocenters. The van der Waals surface area contributed by atoms with Crippen LogP contribution in [0.1, 0.15) is 25.7 Å². The second-order valence-electron chi connectivity index (χ2n) is 3.40.